The second-order valence-electron chi connectivity index (χ2n) is 5.64. The van der Waals surface area contributed by atoms with Gasteiger partial charge >= 0.3 is 0 Å². The van der Waals surface area contributed by atoms with Crippen molar-refractivity contribution in [2.24, 2.45) is 0 Å². The quantitative estimate of drug-likeness (QED) is 0.679. The molecule has 0 aromatic carbocycles. The molecule has 0 saturated carbocycles. The number of unbranched alkanes of at least 4 members (excludes halogenated alkanes) is 2. The van der Waals surface area contributed by atoms with Crippen molar-refractivity contribution < 1.29 is 0 Å². The van der Waals surface area contributed by atoms with E-state index in [0.717, 1.165) is 0 Å². The zero-order valence-electron chi connectivity index (χ0n) is 12.5. The van der Waals surface area contributed by atoms with Crippen LogP contribution in [-0.4, -0.2) is 11.0 Å². The highest BCUT2D eigenvalue weighted by Crippen LogP contribution is 2.26. The number of nitrogens with zero attached hydrogens (tertiary/aromatic N) is 1. The fourth-order valence-corrected chi connectivity index (χ4v) is 3.08. The summed E-state index contributed by atoms with van der Waals surface area (Å²) < 4.78 is 0. The highest BCUT2D eigenvalue weighted by atomic mass is 32.1. The zero-order chi connectivity index (χ0) is 13.5. The van der Waals surface area contributed by atoms with Crippen LogP contribution in [0.15, 0.2) is 5.38 Å². The predicted octanol–water partition coefficient (Wildman–Crippen LogP) is 4.89. The fraction of sp³-hybridized carbons (Fsp3) is 0.800. The van der Waals surface area contributed by atoms with E-state index in [4.69, 9.17) is 4.98 Å². The summed E-state index contributed by atoms with van der Waals surface area (Å²) in [5, 5.41) is 7.14. The molecule has 1 rings (SSSR count). The van der Waals surface area contributed by atoms with Crippen LogP contribution < -0.4 is 5.32 Å². The van der Waals surface area contributed by atoms with Crippen LogP contribution in [0.5, 0.6) is 0 Å². The maximum atomic E-state index is 4.80. The number of aromatic nitrogens is 1. The summed E-state index contributed by atoms with van der Waals surface area (Å²) >= 11 is 1.81. The van der Waals surface area contributed by atoms with Crippen LogP contribution in [0.1, 0.15) is 83.0 Å². The van der Waals surface area contributed by atoms with Gasteiger partial charge in [0.1, 0.15) is 5.01 Å². The van der Waals surface area contributed by atoms with Gasteiger partial charge in [-0.3, -0.25) is 0 Å². The van der Waals surface area contributed by atoms with E-state index >= 15 is 0 Å². The highest BCUT2D eigenvalue weighted by Gasteiger charge is 2.16. The minimum atomic E-state index is 0.439. The molecule has 3 heteroatoms. The topological polar surface area (TPSA) is 24.9 Å². The minimum Gasteiger partial charge on any atom is -0.306 e. The summed E-state index contributed by atoms with van der Waals surface area (Å²) in [6, 6.07) is 0.956. The summed E-state index contributed by atoms with van der Waals surface area (Å²) in [5.41, 5.74) is 1.24. The van der Waals surface area contributed by atoms with Crippen LogP contribution in [0.2, 0.25) is 0 Å². The van der Waals surface area contributed by atoms with Gasteiger partial charge in [-0.25, -0.2) is 4.98 Å². The van der Waals surface area contributed by atoms with Gasteiger partial charge in [-0.05, 0) is 12.3 Å². The van der Waals surface area contributed by atoms with Gasteiger partial charge in [-0.1, -0.05) is 53.9 Å². The molecular weight excluding hydrogens is 240 g/mol. The first-order valence-electron chi connectivity index (χ1n) is 7.26. The van der Waals surface area contributed by atoms with E-state index in [-0.39, 0.29) is 0 Å². The highest BCUT2D eigenvalue weighted by molar-refractivity contribution is 7.09. The Morgan fingerprint density at radius 2 is 1.94 bits per heavy atom. The maximum Gasteiger partial charge on any atom is 0.110 e. The van der Waals surface area contributed by atoms with E-state index < -0.39 is 0 Å². The van der Waals surface area contributed by atoms with Gasteiger partial charge in [-0.15, -0.1) is 11.3 Å². The summed E-state index contributed by atoms with van der Waals surface area (Å²) in [6.45, 7) is 11.1. The Morgan fingerprint density at radius 3 is 2.44 bits per heavy atom. The smallest absolute Gasteiger partial charge is 0.110 e. The zero-order valence-corrected chi connectivity index (χ0v) is 13.3. The molecule has 1 aromatic heterocycles. The third-order valence-corrected chi connectivity index (χ3v) is 4.04. The second kappa shape index (κ2) is 7.90. The van der Waals surface area contributed by atoms with Gasteiger partial charge in [0.25, 0.3) is 0 Å². The average molecular weight is 268 g/mol. The van der Waals surface area contributed by atoms with Crippen molar-refractivity contribution >= 4 is 11.3 Å². The number of nitrogens with one attached hydrogen (secondary N) is 1. The second-order valence-corrected chi connectivity index (χ2v) is 6.52. The molecule has 1 unspecified atom stereocenters. The summed E-state index contributed by atoms with van der Waals surface area (Å²) in [4.78, 5) is 4.80. The maximum absolute atomic E-state index is 4.80. The molecule has 0 radical (unpaired) electrons. The Balaban J connectivity index is 2.67. The van der Waals surface area contributed by atoms with Crippen LogP contribution in [-0.2, 0) is 0 Å². The molecule has 0 fully saturated rings. The molecule has 0 aliphatic rings. The Kier molecular flexibility index (Phi) is 6.87. The molecule has 1 N–H and O–H groups in total. The SMILES string of the molecule is CCCCCC(NC(C)C)c1nc(C(C)C)cs1. The van der Waals surface area contributed by atoms with Crippen molar-refractivity contribution in [2.45, 2.75) is 78.3 Å². The van der Waals surface area contributed by atoms with E-state index in [9.17, 15) is 0 Å². The molecule has 1 aromatic rings. The molecule has 18 heavy (non-hydrogen) atoms. The van der Waals surface area contributed by atoms with Crippen LogP contribution in [0.3, 0.4) is 0 Å². The molecule has 0 spiro atoms. The van der Waals surface area contributed by atoms with Crippen LogP contribution in [0.25, 0.3) is 0 Å². The first kappa shape index (κ1) is 15.6. The lowest BCUT2D eigenvalue weighted by Gasteiger charge is -2.19. The molecule has 1 atom stereocenters. The van der Waals surface area contributed by atoms with Crippen molar-refractivity contribution in [3.05, 3.63) is 16.1 Å². The summed E-state index contributed by atoms with van der Waals surface area (Å²) in [6.07, 6.45) is 5.09. The molecule has 0 saturated heterocycles. The summed E-state index contributed by atoms with van der Waals surface area (Å²) in [7, 11) is 0. The van der Waals surface area contributed by atoms with Crippen molar-refractivity contribution in [2.75, 3.05) is 0 Å². The molecular formula is C15H28N2S. The van der Waals surface area contributed by atoms with Gasteiger partial charge < -0.3 is 5.32 Å². The lowest BCUT2D eigenvalue weighted by Crippen LogP contribution is -2.28. The van der Waals surface area contributed by atoms with E-state index in [2.05, 4.69) is 45.3 Å². The molecule has 2 nitrogen and oxygen atoms in total. The van der Waals surface area contributed by atoms with E-state index in [1.165, 1.54) is 36.4 Å². The van der Waals surface area contributed by atoms with Gasteiger partial charge in [-0.2, -0.15) is 0 Å². The monoisotopic (exact) mass is 268 g/mol. The van der Waals surface area contributed by atoms with Crippen LogP contribution >= 0.6 is 11.3 Å². The third kappa shape index (κ3) is 5.07. The Bertz CT molecular complexity index is 331. The minimum absolute atomic E-state index is 0.439. The molecule has 0 aliphatic heterocycles. The van der Waals surface area contributed by atoms with E-state index in [1.807, 2.05) is 11.3 Å². The normalized spacial score (nSPS) is 13.5. The van der Waals surface area contributed by atoms with Crippen LogP contribution in [0, 0.1) is 0 Å². The molecule has 0 bridgehead atoms. The number of thiazole rings is 1. The van der Waals surface area contributed by atoms with Crippen LogP contribution in [0.4, 0.5) is 0 Å². The van der Waals surface area contributed by atoms with E-state index in [1.54, 1.807) is 0 Å². The fourth-order valence-electron chi connectivity index (χ4n) is 2.00. The average Bonchev–Trinajstić information content (AvgIpc) is 2.76. The molecule has 1 heterocycles. The van der Waals surface area contributed by atoms with Crippen molar-refractivity contribution in [3.63, 3.8) is 0 Å². The number of hydrogen-bond donors (Lipinski definition) is 1. The number of hydrogen-bond acceptors (Lipinski definition) is 3. The lowest BCUT2D eigenvalue weighted by atomic mass is 10.1. The first-order valence-corrected chi connectivity index (χ1v) is 8.13. The standard InChI is InChI=1S/C15H28N2S/c1-6-7-8-9-13(16-12(4)5)15-17-14(10-18-15)11(2)3/h10-13,16H,6-9H2,1-5H3. The molecule has 104 valence electrons. The van der Waals surface area contributed by atoms with Gasteiger partial charge in [0.05, 0.1) is 11.7 Å². The summed E-state index contributed by atoms with van der Waals surface area (Å²) in [5.74, 6) is 0.533. The van der Waals surface area contributed by atoms with Gasteiger partial charge in [0, 0.05) is 11.4 Å². The van der Waals surface area contributed by atoms with Crippen molar-refractivity contribution in [1.82, 2.24) is 10.3 Å². The Hall–Kier alpha value is -0.410. The Morgan fingerprint density at radius 1 is 1.22 bits per heavy atom. The van der Waals surface area contributed by atoms with Crippen molar-refractivity contribution in [3.8, 4) is 0 Å². The third-order valence-electron chi connectivity index (χ3n) is 3.06. The largest absolute Gasteiger partial charge is 0.306 e. The van der Waals surface area contributed by atoms with Gasteiger partial charge in [0.2, 0.25) is 0 Å². The Labute approximate surface area is 116 Å². The lowest BCUT2D eigenvalue weighted by molar-refractivity contribution is 0.433. The van der Waals surface area contributed by atoms with E-state index in [0.29, 0.717) is 18.0 Å². The first-order chi connectivity index (χ1) is 8.54. The molecule has 0 amide bonds. The van der Waals surface area contributed by atoms with Crippen molar-refractivity contribution in [1.29, 1.82) is 0 Å². The van der Waals surface area contributed by atoms with Gasteiger partial charge in [0.15, 0.2) is 0 Å². The number of rotatable bonds is 8. The predicted molar refractivity (Wildman–Crippen MR) is 81.4 cm³/mol. The molecule has 0 aliphatic carbocycles.